The Bertz CT molecular complexity index is 642. The van der Waals surface area contributed by atoms with Crippen molar-refractivity contribution in [2.45, 2.75) is 12.1 Å². The number of methoxy groups -OCH3 is 1. The lowest BCUT2D eigenvalue weighted by atomic mass is 10.0. The summed E-state index contributed by atoms with van der Waals surface area (Å²) in [6.07, 6.45) is 0.166. The van der Waals surface area contributed by atoms with Crippen molar-refractivity contribution in [3.8, 4) is 11.8 Å². The molecule has 0 saturated carbocycles. The number of carbonyl (C=O) groups is 1. The Kier molecular flexibility index (Phi) is 3.60. The van der Waals surface area contributed by atoms with E-state index < -0.39 is 28.1 Å². The van der Waals surface area contributed by atoms with Gasteiger partial charge in [-0.3, -0.25) is 4.79 Å². The lowest BCUT2D eigenvalue weighted by Gasteiger charge is -2.40. The second kappa shape index (κ2) is 5.03. The predicted molar refractivity (Wildman–Crippen MR) is 69.6 cm³/mol. The SMILES string of the molecule is CO[C@H]1C(=O)N(S(C)(=O)=O)[C@H]1C#Cc1ccccc1. The van der Waals surface area contributed by atoms with Gasteiger partial charge in [0.05, 0.1) is 6.26 Å². The number of rotatable bonds is 2. The number of sulfonamides is 1. The van der Waals surface area contributed by atoms with Gasteiger partial charge < -0.3 is 4.74 Å². The molecule has 100 valence electrons. The zero-order valence-electron chi connectivity index (χ0n) is 10.5. The first-order valence-corrected chi connectivity index (χ1v) is 7.42. The van der Waals surface area contributed by atoms with E-state index in [-0.39, 0.29) is 0 Å². The molecule has 1 aliphatic rings. The van der Waals surface area contributed by atoms with E-state index in [1.807, 2.05) is 18.2 Å². The topological polar surface area (TPSA) is 63.7 Å². The van der Waals surface area contributed by atoms with Crippen LogP contribution >= 0.6 is 0 Å². The fraction of sp³-hybridized carbons (Fsp3) is 0.308. The van der Waals surface area contributed by atoms with Crippen LogP contribution in [0.3, 0.4) is 0 Å². The first-order valence-electron chi connectivity index (χ1n) is 5.58. The van der Waals surface area contributed by atoms with Gasteiger partial charge in [-0.2, -0.15) is 0 Å². The Labute approximate surface area is 112 Å². The molecule has 0 bridgehead atoms. The summed E-state index contributed by atoms with van der Waals surface area (Å²) in [5, 5.41) is 0. The molecule has 1 saturated heterocycles. The second-order valence-electron chi connectivity index (χ2n) is 4.13. The van der Waals surface area contributed by atoms with E-state index in [1.54, 1.807) is 12.1 Å². The van der Waals surface area contributed by atoms with Gasteiger partial charge in [0.1, 0.15) is 6.04 Å². The quantitative estimate of drug-likeness (QED) is 0.574. The Balaban J connectivity index is 2.27. The highest BCUT2D eigenvalue weighted by molar-refractivity contribution is 7.89. The van der Waals surface area contributed by atoms with Gasteiger partial charge in [0, 0.05) is 12.7 Å². The Morgan fingerprint density at radius 3 is 2.42 bits per heavy atom. The molecule has 2 atom stereocenters. The summed E-state index contributed by atoms with van der Waals surface area (Å²) < 4.78 is 28.7. The standard InChI is InChI=1S/C13H13NO4S/c1-18-12-11(14(13(12)15)19(2,16)17)9-8-10-6-4-3-5-7-10/h3-7,11-12H,1-2H3/t11-,12+/m0/s1. The molecular weight excluding hydrogens is 266 g/mol. The number of β-lactam (4-membered cyclic amide) rings is 1. The number of benzene rings is 1. The molecule has 0 unspecified atom stereocenters. The zero-order chi connectivity index (χ0) is 14.0. The molecule has 1 aromatic carbocycles. The molecular formula is C13H13NO4S. The second-order valence-corrected chi connectivity index (χ2v) is 5.99. The fourth-order valence-corrected chi connectivity index (χ4v) is 2.86. The van der Waals surface area contributed by atoms with E-state index >= 15 is 0 Å². The van der Waals surface area contributed by atoms with E-state index in [9.17, 15) is 13.2 Å². The highest BCUT2D eigenvalue weighted by Crippen LogP contribution is 2.25. The fourth-order valence-electron chi connectivity index (χ4n) is 1.85. The van der Waals surface area contributed by atoms with Crippen molar-refractivity contribution in [2.24, 2.45) is 0 Å². The molecule has 5 nitrogen and oxygen atoms in total. The number of ether oxygens (including phenoxy) is 1. The Morgan fingerprint density at radius 2 is 1.89 bits per heavy atom. The maximum atomic E-state index is 11.6. The van der Waals surface area contributed by atoms with Crippen LogP contribution in [0.1, 0.15) is 5.56 Å². The van der Waals surface area contributed by atoms with Gasteiger partial charge in [-0.1, -0.05) is 30.0 Å². The largest absolute Gasteiger partial charge is 0.368 e. The maximum Gasteiger partial charge on any atom is 0.269 e. The van der Waals surface area contributed by atoms with Gasteiger partial charge in [0.2, 0.25) is 10.0 Å². The van der Waals surface area contributed by atoms with Crippen LogP contribution in [-0.2, 0) is 19.6 Å². The first kappa shape index (κ1) is 13.6. The number of carbonyl (C=O) groups excluding carboxylic acids is 1. The van der Waals surface area contributed by atoms with Crippen LogP contribution in [-0.4, -0.2) is 44.1 Å². The van der Waals surface area contributed by atoms with Gasteiger partial charge in [-0.25, -0.2) is 12.7 Å². The molecule has 0 spiro atoms. The average molecular weight is 279 g/mol. The van der Waals surface area contributed by atoms with Gasteiger partial charge in [0.15, 0.2) is 6.10 Å². The highest BCUT2D eigenvalue weighted by atomic mass is 32.2. The lowest BCUT2D eigenvalue weighted by molar-refractivity contribution is -0.154. The van der Waals surface area contributed by atoms with Crippen molar-refractivity contribution in [1.29, 1.82) is 0 Å². The van der Waals surface area contributed by atoms with Crippen molar-refractivity contribution in [3.63, 3.8) is 0 Å². The summed E-state index contributed by atoms with van der Waals surface area (Å²) in [4.78, 5) is 11.6. The predicted octanol–water partition coefficient (Wildman–Crippen LogP) is 0.224. The molecule has 1 amide bonds. The molecule has 19 heavy (non-hydrogen) atoms. The van der Waals surface area contributed by atoms with Crippen LogP contribution in [0.2, 0.25) is 0 Å². The van der Waals surface area contributed by atoms with E-state index in [0.717, 1.165) is 16.1 Å². The molecule has 2 rings (SSSR count). The summed E-state index contributed by atoms with van der Waals surface area (Å²) in [6, 6.07) is 8.38. The third kappa shape index (κ3) is 2.62. The molecule has 1 fully saturated rings. The summed E-state index contributed by atoms with van der Waals surface area (Å²) in [6.45, 7) is 0. The summed E-state index contributed by atoms with van der Waals surface area (Å²) in [5.74, 6) is 5.05. The van der Waals surface area contributed by atoms with E-state index in [4.69, 9.17) is 4.74 Å². The van der Waals surface area contributed by atoms with Gasteiger partial charge in [-0.15, -0.1) is 0 Å². The van der Waals surface area contributed by atoms with Crippen LogP contribution in [0.25, 0.3) is 0 Å². The number of hydrogen-bond donors (Lipinski definition) is 0. The van der Waals surface area contributed by atoms with Crippen LogP contribution in [0.15, 0.2) is 30.3 Å². The zero-order valence-corrected chi connectivity index (χ0v) is 11.3. The van der Waals surface area contributed by atoms with Gasteiger partial charge in [0.25, 0.3) is 5.91 Å². The molecule has 0 N–H and O–H groups in total. The maximum absolute atomic E-state index is 11.6. The summed E-state index contributed by atoms with van der Waals surface area (Å²) >= 11 is 0. The molecule has 1 aromatic rings. The first-order chi connectivity index (χ1) is 8.95. The molecule has 0 aromatic heterocycles. The van der Waals surface area contributed by atoms with Crippen LogP contribution in [0.4, 0.5) is 0 Å². The van der Waals surface area contributed by atoms with Crippen molar-refractivity contribution in [3.05, 3.63) is 35.9 Å². The van der Waals surface area contributed by atoms with Crippen LogP contribution in [0.5, 0.6) is 0 Å². The lowest BCUT2D eigenvalue weighted by Crippen LogP contribution is -2.66. The van der Waals surface area contributed by atoms with E-state index in [0.29, 0.717) is 0 Å². The third-order valence-corrected chi connectivity index (χ3v) is 3.87. The Hall–Kier alpha value is -1.84. The summed E-state index contributed by atoms with van der Waals surface area (Å²) in [7, 11) is -2.25. The van der Waals surface area contributed by atoms with Crippen molar-refractivity contribution >= 4 is 15.9 Å². The molecule has 1 heterocycles. The van der Waals surface area contributed by atoms with Crippen molar-refractivity contribution in [1.82, 2.24) is 4.31 Å². The van der Waals surface area contributed by atoms with E-state index in [1.165, 1.54) is 7.11 Å². The van der Waals surface area contributed by atoms with Gasteiger partial charge in [-0.05, 0) is 12.1 Å². The third-order valence-electron chi connectivity index (χ3n) is 2.75. The van der Waals surface area contributed by atoms with Crippen LogP contribution in [0, 0.1) is 11.8 Å². The minimum atomic E-state index is -3.61. The van der Waals surface area contributed by atoms with E-state index in [2.05, 4.69) is 11.8 Å². The number of amides is 1. The number of nitrogens with zero attached hydrogens (tertiary/aromatic N) is 1. The normalized spacial score (nSPS) is 22.4. The van der Waals surface area contributed by atoms with Crippen molar-refractivity contribution in [2.75, 3.05) is 13.4 Å². The molecule has 0 aliphatic carbocycles. The number of hydrogen-bond acceptors (Lipinski definition) is 4. The Morgan fingerprint density at radius 1 is 1.26 bits per heavy atom. The average Bonchev–Trinajstić information content (AvgIpc) is 2.34. The molecule has 0 radical (unpaired) electrons. The smallest absolute Gasteiger partial charge is 0.269 e. The van der Waals surface area contributed by atoms with Crippen LogP contribution < -0.4 is 0 Å². The summed E-state index contributed by atoms with van der Waals surface area (Å²) in [5.41, 5.74) is 0.755. The minimum absolute atomic E-state index is 0.572. The minimum Gasteiger partial charge on any atom is -0.368 e. The highest BCUT2D eigenvalue weighted by Gasteiger charge is 2.51. The molecule has 6 heteroatoms. The van der Waals surface area contributed by atoms with Gasteiger partial charge >= 0.3 is 0 Å². The molecule has 1 aliphatic heterocycles. The monoisotopic (exact) mass is 279 g/mol. The van der Waals surface area contributed by atoms with Crippen molar-refractivity contribution < 1.29 is 17.9 Å².